The molecule has 0 unspecified atom stereocenters. The Balaban J connectivity index is 2.56. The molecular weight excluding hydrogens is 172 g/mol. The Morgan fingerprint density at radius 3 is 2.92 bits per heavy atom. The highest BCUT2D eigenvalue weighted by Gasteiger charge is 2.19. The number of fused-ring (bicyclic) bond motifs is 1. The summed E-state index contributed by atoms with van der Waals surface area (Å²) in [4.78, 5) is 0. The van der Waals surface area contributed by atoms with Gasteiger partial charge in [-0.05, 0) is 37.1 Å². The third-order valence-electron chi connectivity index (χ3n) is 2.49. The van der Waals surface area contributed by atoms with Crippen LogP contribution in [-0.4, -0.2) is 6.54 Å². The fourth-order valence-corrected chi connectivity index (χ4v) is 1.80. The van der Waals surface area contributed by atoms with Crippen LogP contribution >= 0.6 is 0 Å². The average Bonchev–Trinajstić information content (AvgIpc) is 2.07. The Kier molecular flexibility index (Phi) is 2.04. The first kappa shape index (κ1) is 8.63. The van der Waals surface area contributed by atoms with E-state index in [1.165, 1.54) is 6.07 Å². The van der Waals surface area contributed by atoms with Crippen LogP contribution in [-0.2, 0) is 6.42 Å². The SMILES string of the molecule is C[C@@H]1NCCc2c(F)cc(F)cc21. The van der Waals surface area contributed by atoms with E-state index in [1.54, 1.807) is 0 Å². The second kappa shape index (κ2) is 3.07. The van der Waals surface area contributed by atoms with E-state index in [9.17, 15) is 8.78 Å². The molecule has 1 aromatic rings. The van der Waals surface area contributed by atoms with Gasteiger partial charge in [0.15, 0.2) is 0 Å². The fraction of sp³-hybridized carbons (Fsp3) is 0.400. The van der Waals surface area contributed by atoms with Gasteiger partial charge in [-0.3, -0.25) is 0 Å². The molecule has 13 heavy (non-hydrogen) atoms. The zero-order valence-corrected chi connectivity index (χ0v) is 7.40. The molecule has 0 bridgehead atoms. The molecule has 70 valence electrons. The Labute approximate surface area is 75.8 Å². The molecular formula is C10H11F2N. The zero-order chi connectivity index (χ0) is 9.42. The maximum atomic E-state index is 13.2. The van der Waals surface area contributed by atoms with E-state index in [0.717, 1.165) is 18.2 Å². The topological polar surface area (TPSA) is 12.0 Å². The maximum absolute atomic E-state index is 13.2. The first-order valence-corrected chi connectivity index (χ1v) is 4.39. The van der Waals surface area contributed by atoms with Crippen LogP contribution in [0, 0.1) is 11.6 Å². The molecule has 1 N–H and O–H groups in total. The summed E-state index contributed by atoms with van der Waals surface area (Å²) in [5.74, 6) is -0.907. The van der Waals surface area contributed by atoms with Gasteiger partial charge >= 0.3 is 0 Å². The van der Waals surface area contributed by atoms with Crippen molar-refractivity contribution in [3.8, 4) is 0 Å². The first-order valence-electron chi connectivity index (χ1n) is 4.39. The molecule has 1 nitrogen and oxygen atoms in total. The van der Waals surface area contributed by atoms with Gasteiger partial charge in [-0.25, -0.2) is 8.78 Å². The van der Waals surface area contributed by atoms with Gasteiger partial charge in [0.1, 0.15) is 11.6 Å². The highest BCUT2D eigenvalue weighted by molar-refractivity contribution is 5.33. The predicted octanol–water partition coefficient (Wildman–Crippen LogP) is 2.17. The van der Waals surface area contributed by atoms with Crippen molar-refractivity contribution in [2.45, 2.75) is 19.4 Å². The summed E-state index contributed by atoms with van der Waals surface area (Å²) in [5, 5.41) is 3.16. The summed E-state index contributed by atoms with van der Waals surface area (Å²) in [5.41, 5.74) is 1.41. The quantitative estimate of drug-likeness (QED) is 0.650. The number of hydrogen-bond donors (Lipinski definition) is 1. The van der Waals surface area contributed by atoms with Gasteiger partial charge in [0.2, 0.25) is 0 Å². The molecule has 1 aliphatic rings. The monoisotopic (exact) mass is 183 g/mol. The molecule has 0 fully saturated rings. The van der Waals surface area contributed by atoms with E-state index < -0.39 is 11.6 Å². The van der Waals surface area contributed by atoms with Crippen molar-refractivity contribution in [2.24, 2.45) is 0 Å². The molecule has 0 saturated heterocycles. The van der Waals surface area contributed by atoms with Gasteiger partial charge in [-0.15, -0.1) is 0 Å². The number of benzene rings is 1. The highest BCUT2D eigenvalue weighted by atomic mass is 19.1. The smallest absolute Gasteiger partial charge is 0.129 e. The summed E-state index contributed by atoms with van der Waals surface area (Å²) < 4.78 is 26.1. The molecule has 0 radical (unpaired) electrons. The Morgan fingerprint density at radius 2 is 2.15 bits per heavy atom. The number of nitrogens with one attached hydrogen (secondary N) is 1. The van der Waals surface area contributed by atoms with Crippen molar-refractivity contribution in [2.75, 3.05) is 6.54 Å². The second-order valence-corrected chi connectivity index (χ2v) is 3.38. The van der Waals surface area contributed by atoms with E-state index >= 15 is 0 Å². The van der Waals surface area contributed by atoms with E-state index in [1.807, 2.05) is 6.92 Å². The van der Waals surface area contributed by atoms with Crippen molar-refractivity contribution in [3.05, 3.63) is 34.9 Å². The van der Waals surface area contributed by atoms with Crippen molar-refractivity contribution < 1.29 is 8.78 Å². The molecule has 1 aliphatic heterocycles. The van der Waals surface area contributed by atoms with Gasteiger partial charge in [-0.2, -0.15) is 0 Å². The third kappa shape index (κ3) is 1.44. The summed E-state index contributed by atoms with van der Waals surface area (Å²) in [6.45, 7) is 2.67. The first-order chi connectivity index (χ1) is 6.18. The largest absolute Gasteiger partial charge is 0.310 e. The summed E-state index contributed by atoms with van der Waals surface area (Å²) in [7, 11) is 0. The molecule has 1 aromatic carbocycles. The second-order valence-electron chi connectivity index (χ2n) is 3.38. The van der Waals surface area contributed by atoms with E-state index in [2.05, 4.69) is 5.32 Å². The summed E-state index contributed by atoms with van der Waals surface area (Å²) >= 11 is 0. The van der Waals surface area contributed by atoms with Crippen LogP contribution in [0.4, 0.5) is 8.78 Å². The standard InChI is InChI=1S/C10H11F2N/c1-6-9-4-7(11)5-10(12)8(9)2-3-13-6/h4-6,13H,2-3H2,1H3/t6-/m0/s1. The van der Waals surface area contributed by atoms with Crippen molar-refractivity contribution in [3.63, 3.8) is 0 Å². The van der Waals surface area contributed by atoms with Crippen LogP contribution in [0.1, 0.15) is 24.1 Å². The Morgan fingerprint density at radius 1 is 1.38 bits per heavy atom. The summed E-state index contributed by atoms with van der Waals surface area (Å²) in [6.07, 6.45) is 0.645. The van der Waals surface area contributed by atoms with Crippen LogP contribution in [0.15, 0.2) is 12.1 Å². The zero-order valence-electron chi connectivity index (χ0n) is 7.40. The molecule has 0 aromatic heterocycles. The number of hydrogen-bond acceptors (Lipinski definition) is 1. The normalized spacial score (nSPS) is 21.3. The predicted molar refractivity (Wildman–Crippen MR) is 46.5 cm³/mol. The molecule has 0 saturated carbocycles. The van der Waals surface area contributed by atoms with E-state index in [4.69, 9.17) is 0 Å². The lowest BCUT2D eigenvalue weighted by atomic mass is 9.95. The number of halogens is 2. The Hall–Kier alpha value is -0.960. The third-order valence-corrected chi connectivity index (χ3v) is 2.49. The van der Waals surface area contributed by atoms with Gasteiger partial charge in [0.25, 0.3) is 0 Å². The lowest BCUT2D eigenvalue weighted by molar-refractivity contribution is 0.499. The van der Waals surface area contributed by atoms with Gasteiger partial charge in [0, 0.05) is 12.1 Å². The van der Waals surface area contributed by atoms with Crippen LogP contribution in [0.5, 0.6) is 0 Å². The van der Waals surface area contributed by atoms with Gasteiger partial charge < -0.3 is 5.32 Å². The molecule has 1 heterocycles. The maximum Gasteiger partial charge on any atom is 0.129 e. The molecule has 0 amide bonds. The van der Waals surface area contributed by atoms with E-state index in [0.29, 0.717) is 12.0 Å². The minimum Gasteiger partial charge on any atom is -0.310 e. The summed E-state index contributed by atoms with van der Waals surface area (Å²) in [6, 6.07) is 2.42. The van der Waals surface area contributed by atoms with E-state index in [-0.39, 0.29) is 6.04 Å². The minimum atomic E-state index is -0.494. The molecule has 1 atom stereocenters. The molecule has 0 aliphatic carbocycles. The molecule has 0 spiro atoms. The molecule has 3 heteroatoms. The average molecular weight is 183 g/mol. The van der Waals surface area contributed by atoms with Crippen LogP contribution < -0.4 is 5.32 Å². The molecule has 2 rings (SSSR count). The van der Waals surface area contributed by atoms with Crippen molar-refractivity contribution in [1.82, 2.24) is 5.32 Å². The lowest BCUT2D eigenvalue weighted by Gasteiger charge is -2.24. The highest BCUT2D eigenvalue weighted by Crippen LogP contribution is 2.25. The van der Waals surface area contributed by atoms with Crippen LogP contribution in [0.3, 0.4) is 0 Å². The minimum absolute atomic E-state index is 0.0500. The fourth-order valence-electron chi connectivity index (χ4n) is 1.80. The van der Waals surface area contributed by atoms with Crippen LogP contribution in [0.25, 0.3) is 0 Å². The van der Waals surface area contributed by atoms with Gasteiger partial charge in [-0.1, -0.05) is 0 Å². The lowest BCUT2D eigenvalue weighted by Crippen LogP contribution is -2.28. The van der Waals surface area contributed by atoms with Gasteiger partial charge in [0.05, 0.1) is 0 Å². The van der Waals surface area contributed by atoms with Crippen LogP contribution in [0.2, 0.25) is 0 Å². The number of rotatable bonds is 0. The van der Waals surface area contributed by atoms with Crippen molar-refractivity contribution >= 4 is 0 Å². The Bertz CT molecular complexity index is 336. The van der Waals surface area contributed by atoms with Crippen molar-refractivity contribution in [1.29, 1.82) is 0 Å².